The molecule has 1 heterocycles. The van der Waals surface area contributed by atoms with E-state index in [4.69, 9.17) is 4.52 Å². The fraction of sp³-hybridized carbons (Fsp3) is 0.400. The van der Waals surface area contributed by atoms with Crippen molar-refractivity contribution in [1.29, 1.82) is 5.26 Å². The summed E-state index contributed by atoms with van der Waals surface area (Å²) in [5.74, 6) is 0.989. The van der Waals surface area contributed by atoms with Gasteiger partial charge in [-0.2, -0.15) is 10.2 Å². The Morgan fingerprint density at radius 3 is 2.70 bits per heavy atom. The van der Waals surface area contributed by atoms with Crippen molar-refractivity contribution in [1.82, 2.24) is 10.1 Å². The van der Waals surface area contributed by atoms with Crippen LogP contribution >= 0.6 is 15.9 Å². The summed E-state index contributed by atoms with van der Waals surface area (Å²) in [5, 5.41) is 13.4. The van der Waals surface area contributed by atoms with Gasteiger partial charge in [0.1, 0.15) is 5.41 Å². The number of benzene rings is 1. The van der Waals surface area contributed by atoms with Gasteiger partial charge in [-0.15, -0.1) is 0 Å². The molecule has 1 aromatic carbocycles. The van der Waals surface area contributed by atoms with E-state index < -0.39 is 5.41 Å². The minimum Gasteiger partial charge on any atom is -0.337 e. The van der Waals surface area contributed by atoms with Gasteiger partial charge in [0.05, 0.1) is 6.07 Å². The van der Waals surface area contributed by atoms with E-state index in [9.17, 15) is 5.26 Å². The number of hydrogen-bond acceptors (Lipinski definition) is 4. The minimum atomic E-state index is -0.558. The lowest BCUT2D eigenvalue weighted by atomic mass is 9.70. The molecule has 1 aromatic heterocycles. The van der Waals surface area contributed by atoms with Crippen LogP contribution in [0.25, 0.3) is 11.4 Å². The van der Waals surface area contributed by atoms with Crippen molar-refractivity contribution in [3.05, 3.63) is 33.6 Å². The lowest BCUT2D eigenvalue weighted by Gasteiger charge is -2.30. The average molecular weight is 332 g/mol. The standard InChI is InChI=1S/C15H14BrN3O/c1-9-4-5-11(12(16)10(9)2)13-18-14(20-19-13)15(8-17)6-3-7-15/h4-5H,3,6-7H2,1-2H3. The highest BCUT2D eigenvalue weighted by molar-refractivity contribution is 9.10. The molecule has 0 amide bonds. The monoisotopic (exact) mass is 331 g/mol. The summed E-state index contributed by atoms with van der Waals surface area (Å²) in [6, 6.07) is 6.33. The lowest BCUT2D eigenvalue weighted by molar-refractivity contribution is 0.232. The second-order valence-corrected chi connectivity index (χ2v) is 6.13. The van der Waals surface area contributed by atoms with Crippen molar-refractivity contribution in [2.24, 2.45) is 0 Å². The number of aromatic nitrogens is 2. The summed E-state index contributed by atoms with van der Waals surface area (Å²) in [4.78, 5) is 4.45. The van der Waals surface area contributed by atoms with Crippen LogP contribution in [0.1, 0.15) is 36.3 Å². The maximum atomic E-state index is 9.32. The number of nitrogens with zero attached hydrogens (tertiary/aromatic N) is 3. The van der Waals surface area contributed by atoms with E-state index in [0.29, 0.717) is 11.7 Å². The third kappa shape index (κ3) is 1.87. The van der Waals surface area contributed by atoms with Gasteiger partial charge in [-0.3, -0.25) is 0 Å². The van der Waals surface area contributed by atoms with Crippen molar-refractivity contribution >= 4 is 15.9 Å². The molecule has 1 aliphatic carbocycles. The zero-order valence-electron chi connectivity index (χ0n) is 11.4. The highest BCUT2D eigenvalue weighted by Gasteiger charge is 2.44. The van der Waals surface area contributed by atoms with Gasteiger partial charge >= 0.3 is 0 Å². The third-order valence-corrected chi connectivity index (χ3v) is 5.18. The molecular formula is C15H14BrN3O. The molecule has 1 fully saturated rings. The van der Waals surface area contributed by atoms with Crippen LogP contribution in [0.4, 0.5) is 0 Å². The number of hydrogen-bond donors (Lipinski definition) is 0. The second-order valence-electron chi connectivity index (χ2n) is 5.34. The van der Waals surface area contributed by atoms with Crippen LogP contribution < -0.4 is 0 Å². The van der Waals surface area contributed by atoms with E-state index >= 15 is 0 Å². The maximum absolute atomic E-state index is 9.32. The molecule has 0 spiro atoms. The molecule has 3 rings (SSSR count). The first kappa shape index (κ1) is 13.3. The normalized spacial score (nSPS) is 16.5. The van der Waals surface area contributed by atoms with Gasteiger partial charge in [0, 0.05) is 10.0 Å². The summed E-state index contributed by atoms with van der Waals surface area (Å²) < 4.78 is 6.31. The Balaban J connectivity index is 2.03. The summed E-state index contributed by atoms with van der Waals surface area (Å²) in [6.07, 6.45) is 2.65. The molecule has 0 N–H and O–H groups in total. The van der Waals surface area contributed by atoms with Gasteiger partial charge in [-0.1, -0.05) is 11.2 Å². The largest absolute Gasteiger partial charge is 0.337 e. The number of halogens is 1. The third-order valence-electron chi connectivity index (χ3n) is 4.15. The van der Waals surface area contributed by atoms with Gasteiger partial charge in [0.15, 0.2) is 0 Å². The topological polar surface area (TPSA) is 62.7 Å². The molecule has 5 heteroatoms. The Kier molecular flexibility index (Phi) is 3.14. The molecule has 0 unspecified atom stereocenters. The fourth-order valence-corrected chi connectivity index (χ4v) is 3.01. The first-order chi connectivity index (χ1) is 9.57. The molecule has 0 radical (unpaired) electrons. The molecule has 1 saturated carbocycles. The highest BCUT2D eigenvalue weighted by Crippen LogP contribution is 2.43. The molecule has 20 heavy (non-hydrogen) atoms. The van der Waals surface area contributed by atoms with E-state index in [1.807, 2.05) is 19.1 Å². The van der Waals surface area contributed by atoms with Crippen LogP contribution in [0.5, 0.6) is 0 Å². The van der Waals surface area contributed by atoms with E-state index in [1.165, 1.54) is 5.56 Å². The quantitative estimate of drug-likeness (QED) is 0.832. The number of rotatable bonds is 2. The molecule has 1 aliphatic rings. The predicted octanol–water partition coefficient (Wildman–Crippen LogP) is 4.06. The second kappa shape index (κ2) is 4.71. The number of nitriles is 1. The predicted molar refractivity (Wildman–Crippen MR) is 78.1 cm³/mol. The minimum absolute atomic E-state index is 0.450. The molecule has 4 nitrogen and oxygen atoms in total. The molecular weight excluding hydrogens is 318 g/mol. The Hall–Kier alpha value is -1.67. The Bertz CT molecular complexity index is 710. The summed E-state index contributed by atoms with van der Waals surface area (Å²) in [6.45, 7) is 4.11. The van der Waals surface area contributed by atoms with E-state index in [-0.39, 0.29) is 0 Å². The van der Waals surface area contributed by atoms with Crippen LogP contribution in [0.15, 0.2) is 21.1 Å². The molecule has 0 atom stereocenters. The molecule has 0 saturated heterocycles. The Morgan fingerprint density at radius 1 is 1.35 bits per heavy atom. The van der Waals surface area contributed by atoms with Crippen LogP contribution in [0, 0.1) is 25.2 Å². The lowest BCUT2D eigenvalue weighted by Crippen LogP contribution is -2.32. The number of aryl methyl sites for hydroxylation is 1. The van der Waals surface area contributed by atoms with Gasteiger partial charge in [-0.05, 0) is 66.2 Å². The van der Waals surface area contributed by atoms with Crippen LogP contribution in [0.2, 0.25) is 0 Å². The molecule has 2 aromatic rings. The Labute approximate surface area is 125 Å². The van der Waals surface area contributed by atoms with Gasteiger partial charge in [0.2, 0.25) is 11.7 Å². The van der Waals surface area contributed by atoms with Crippen molar-refractivity contribution < 1.29 is 4.52 Å². The van der Waals surface area contributed by atoms with Crippen LogP contribution in [-0.4, -0.2) is 10.1 Å². The van der Waals surface area contributed by atoms with Gasteiger partial charge in [-0.25, -0.2) is 0 Å². The zero-order valence-corrected chi connectivity index (χ0v) is 13.0. The van der Waals surface area contributed by atoms with Crippen molar-refractivity contribution in [3.63, 3.8) is 0 Å². The van der Waals surface area contributed by atoms with E-state index in [2.05, 4.69) is 39.1 Å². The molecule has 102 valence electrons. The van der Waals surface area contributed by atoms with Gasteiger partial charge in [0.25, 0.3) is 0 Å². The summed E-state index contributed by atoms with van der Waals surface area (Å²) in [5.41, 5.74) is 2.71. The first-order valence-electron chi connectivity index (χ1n) is 6.59. The summed E-state index contributed by atoms with van der Waals surface area (Å²) >= 11 is 3.59. The van der Waals surface area contributed by atoms with E-state index in [0.717, 1.165) is 34.9 Å². The van der Waals surface area contributed by atoms with E-state index in [1.54, 1.807) is 0 Å². The molecule has 0 aliphatic heterocycles. The van der Waals surface area contributed by atoms with Crippen molar-refractivity contribution in [2.75, 3.05) is 0 Å². The van der Waals surface area contributed by atoms with Crippen LogP contribution in [0.3, 0.4) is 0 Å². The first-order valence-corrected chi connectivity index (χ1v) is 7.38. The maximum Gasteiger partial charge on any atom is 0.247 e. The van der Waals surface area contributed by atoms with Crippen molar-refractivity contribution in [2.45, 2.75) is 38.5 Å². The highest BCUT2D eigenvalue weighted by atomic mass is 79.9. The van der Waals surface area contributed by atoms with Crippen LogP contribution in [-0.2, 0) is 5.41 Å². The Morgan fingerprint density at radius 2 is 2.10 bits per heavy atom. The molecule has 0 bridgehead atoms. The fourth-order valence-electron chi connectivity index (χ4n) is 2.39. The smallest absolute Gasteiger partial charge is 0.247 e. The zero-order chi connectivity index (χ0) is 14.3. The summed E-state index contributed by atoms with van der Waals surface area (Å²) in [7, 11) is 0. The average Bonchev–Trinajstić information content (AvgIpc) is 2.85. The SMILES string of the molecule is Cc1ccc(-c2noc(C3(C#N)CCC3)n2)c(Br)c1C. The van der Waals surface area contributed by atoms with Gasteiger partial charge < -0.3 is 4.52 Å². The van der Waals surface area contributed by atoms with Crippen molar-refractivity contribution in [3.8, 4) is 17.5 Å².